The van der Waals surface area contributed by atoms with E-state index in [2.05, 4.69) is 10.4 Å². The minimum Gasteiger partial charge on any atom is -0.481 e. The number of amides is 2. The van der Waals surface area contributed by atoms with Gasteiger partial charge in [-0.3, -0.25) is 9.48 Å². The molecule has 7 nitrogen and oxygen atoms in total. The molecule has 2 atom stereocenters. The van der Waals surface area contributed by atoms with Gasteiger partial charge in [0.15, 0.2) is 0 Å². The molecule has 1 aliphatic heterocycles. The summed E-state index contributed by atoms with van der Waals surface area (Å²) < 4.78 is 1.94. The van der Waals surface area contributed by atoms with Crippen molar-refractivity contribution in [2.45, 2.75) is 40.2 Å². The van der Waals surface area contributed by atoms with Gasteiger partial charge < -0.3 is 15.3 Å². The Balaban J connectivity index is 1.76. The van der Waals surface area contributed by atoms with Gasteiger partial charge in [0, 0.05) is 31.9 Å². The Bertz CT molecular complexity index is 570. The molecule has 23 heavy (non-hydrogen) atoms. The number of carboxylic acids is 1. The molecule has 0 saturated carbocycles. The SMILES string of the molecule is Cc1cc(C)n(CCCNC(=O)N2CC(C)CC(C(=O)O)C2)n1. The fourth-order valence-corrected chi connectivity index (χ4v) is 3.13. The normalized spacial score (nSPS) is 21.3. The molecular formula is C16H26N4O3. The Labute approximate surface area is 136 Å². The first kappa shape index (κ1) is 17.3. The number of likely N-dealkylation sites (tertiary alicyclic amines) is 1. The van der Waals surface area contributed by atoms with Crippen LogP contribution in [0.4, 0.5) is 4.79 Å². The molecule has 0 aromatic carbocycles. The summed E-state index contributed by atoms with van der Waals surface area (Å²) in [4.78, 5) is 25.0. The van der Waals surface area contributed by atoms with E-state index in [1.165, 1.54) is 0 Å². The molecule has 0 bridgehead atoms. The number of carbonyl (C=O) groups is 2. The second kappa shape index (κ2) is 7.48. The van der Waals surface area contributed by atoms with E-state index in [0.29, 0.717) is 26.1 Å². The lowest BCUT2D eigenvalue weighted by Gasteiger charge is -2.34. The van der Waals surface area contributed by atoms with Crippen molar-refractivity contribution in [1.82, 2.24) is 20.0 Å². The monoisotopic (exact) mass is 322 g/mol. The third kappa shape index (κ3) is 4.71. The van der Waals surface area contributed by atoms with Crippen molar-refractivity contribution in [3.8, 4) is 0 Å². The van der Waals surface area contributed by atoms with Crippen molar-refractivity contribution in [2.24, 2.45) is 11.8 Å². The van der Waals surface area contributed by atoms with Crippen LogP contribution in [0.15, 0.2) is 6.07 Å². The lowest BCUT2D eigenvalue weighted by atomic mass is 9.91. The van der Waals surface area contributed by atoms with Crippen molar-refractivity contribution >= 4 is 12.0 Å². The Morgan fingerprint density at radius 2 is 2.13 bits per heavy atom. The highest BCUT2D eigenvalue weighted by Gasteiger charge is 2.31. The van der Waals surface area contributed by atoms with Crippen LogP contribution in [0, 0.1) is 25.7 Å². The average molecular weight is 322 g/mol. The number of nitrogens with zero attached hydrogens (tertiary/aromatic N) is 3. The number of carboxylic acid groups (broad SMARTS) is 1. The topological polar surface area (TPSA) is 87.5 Å². The summed E-state index contributed by atoms with van der Waals surface area (Å²) in [5.41, 5.74) is 2.11. The van der Waals surface area contributed by atoms with E-state index in [1.807, 2.05) is 31.5 Å². The highest BCUT2D eigenvalue weighted by atomic mass is 16.4. The minimum absolute atomic E-state index is 0.170. The number of aromatic nitrogens is 2. The Kier molecular flexibility index (Phi) is 5.63. The highest BCUT2D eigenvalue weighted by Crippen LogP contribution is 2.21. The summed E-state index contributed by atoms with van der Waals surface area (Å²) in [7, 11) is 0. The van der Waals surface area contributed by atoms with Gasteiger partial charge in [-0.1, -0.05) is 6.92 Å². The number of hydrogen-bond donors (Lipinski definition) is 2. The highest BCUT2D eigenvalue weighted by molar-refractivity contribution is 5.76. The largest absolute Gasteiger partial charge is 0.481 e. The number of aliphatic carboxylic acids is 1. The lowest BCUT2D eigenvalue weighted by molar-refractivity contribution is -0.143. The molecule has 1 fully saturated rings. The molecule has 2 unspecified atom stereocenters. The van der Waals surface area contributed by atoms with E-state index in [4.69, 9.17) is 5.11 Å². The molecule has 1 aromatic rings. The van der Waals surface area contributed by atoms with Crippen molar-refractivity contribution < 1.29 is 14.7 Å². The maximum absolute atomic E-state index is 12.2. The van der Waals surface area contributed by atoms with Crippen LogP contribution in [-0.2, 0) is 11.3 Å². The Morgan fingerprint density at radius 3 is 2.74 bits per heavy atom. The van der Waals surface area contributed by atoms with Gasteiger partial charge in [-0.15, -0.1) is 0 Å². The molecule has 0 radical (unpaired) electrons. The van der Waals surface area contributed by atoms with Gasteiger partial charge in [-0.05, 0) is 38.7 Å². The first-order valence-corrected chi connectivity index (χ1v) is 8.13. The number of piperidine rings is 1. The molecule has 1 aromatic heterocycles. The summed E-state index contributed by atoms with van der Waals surface area (Å²) in [6.45, 7) is 8.18. The smallest absolute Gasteiger partial charge is 0.317 e. The molecule has 2 rings (SSSR count). The summed E-state index contributed by atoms with van der Waals surface area (Å²) in [5, 5.41) is 16.4. The number of rotatable bonds is 5. The minimum atomic E-state index is -0.820. The molecule has 128 valence electrons. The van der Waals surface area contributed by atoms with Gasteiger partial charge in [-0.25, -0.2) is 4.79 Å². The molecule has 2 amide bonds. The number of hydrogen-bond acceptors (Lipinski definition) is 3. The average Bonchev–Trinajstić information content (AvgIpc) is 2.80. The third-order valence-corrected chi connectivity index (χ3v) is 4.22. The lowest BCUT2D eigenvalue weighted by Crippen LogP contribution is -2.49. The standard InChI is InChI=1S/C16H26N4O3/c1-11-7-14(15(21)22)10-19(9-11)16(23)17-5-4-6-20-13(3)8-12(2)18-20/h8,11,14H,4-7,9-10H2,1-3H3,(H,17,23)(H,21,22). The quantitative estimate of drug-likeness (QED) is 0.807. The number of nitrogens with one attached hydrogen (secondary N) is 1. The van der Waals surface area contributed by atoms with Crippen molar-refractivity contribution in [1.29, 1.82) is 0 Å². The molecule has 0 aliphatic carbocycles. The zero-order valence-corrected chi connectivity index (χ0v) is 14.1. The van der Waals surface area contributed by atoms with Crippen LogP contribution in [0.1, 0.15) is 31.2 Å². The molecule has 1 aliphatic rings. The predicted octanol–water partition coefficient (Wildman–Crippen LogP) is 1.64. The molecule has 2 N–H and O–H groups in total. The van der Waals surface area contributed by atoms with E-state index in [-0.39, 0.29) is 11.9 Å². The van der Waals surface area contributed by atoms with Gasteiger partial charge >= 0.3 is 12.0 Å². The van der Waals surface area contributed by atoms with Crippen LogP contribution in [0.3, 0.4) is 0 Å². The number of carbonyl (C=O) groups excluding carboxylic acids is 1. The second-order valence-electron chi connectivity index (χ2n) is 6.52. The summed E-state index contributed by atoms with van der Waals surface area (Å²) in [6.07, 6.45) is 1.43. The maximum Gasteiger partial charge on any atom is 0.317 e. The summed E-state index contributed by atoms with van der Waals surface area (Å²) in [5.74, 6) is -1.07. The fourth-order valence-electron chi connectivity index (χ4n) is 3.13. The summed E-state index contributed by atoms with van der Waals surface area (Å²) in [6, 6.07) is 1.86. The van der Waals surface area contributed by atoms with E-state index in [9.17, 15) is 9.59 Å². The van der Waals surface area contributed by atoms with Crippen molar-refractivity contribution in [2.75, 3.05) is 19.6 Å². The Morgan fingerprint density at radius 1 is 1.39 bits per heavy atom. The zero-order chi connectivity index (χ0) is 17.0. The first-order valence-electron chi connectivity index (χ1n) is 8.13. The van der Waals surface area contributed by atoms with Crippen LogP contribution in [0.25, 0.3) is 0 Å². The molecule has 2 heterocycles. The first-order chi connectivity index (χ1) is 10.9. The molecule has 1 saturated heterocycles. The number of urea groups is 1. The van der Waals surface area contributed by atoms with Crippen LogP contribution < -0.4 is 5.32 Å². The summed E-state index contributed by atoms with van der Waals surface area (Å²) >= 11 is 0. The van der Waals surface area contributed by atoms with Gasteiger partial charge in [-0.2, -0.15) is 5.10 Å². The number of aryl methyl sites for hydroxylation is 3. The predicted molar refractivity (Wildman–Crippen MR) is 86.2 cm³/mol. The van der Waals surface area contributed by atoms with E-state index in [0.717, 1.165) is 24.4 Å². The van der Waals surface area contributed by atoms with Crippen molar-refractivity contribution in [3.63, 3.8) is 0 Å². The van der Waals surface area contributed by atoms with Gasteiger partial charge in [0.2, 0.25) is 0 Å². The van der Waals surface area contributed by atoms with E-state index < -0.39 is 11.9 Å². The van der Waals surface area contributed by atoms with E-state index >= 15 is 0 Å². The van der Waals surface area contributed by atoms with Crippen LogP contribution in [0.2, 0.25) is 0 Å². The molecular weight excluding hydrogens is 296 g/mol. The van der Waals surface area contributed by atoms with Crippen LogP contribution >= 0.6 is 0 Å². The molecule has 0 spiro atoms. The van der Waals surface area contributed by atoms with E-state index in [1.54, 1.807) is 4.90 Å². The van der Waals surface area contributed by atoms with Crippen molar-refractivity contribution in [3.05, 3.63) is 17.5 Å². The second-order valence-corrected chi connectivity index (χ2v) is 6.52. The van der Waals surface area contributed by atoms with Crippen LogP contribution in [-0.4, -0.2) is 51.4 Å². The maximum atomic E-state index is 12.2. The third-order valence-electron chi connectivity index (χ3n) is 4.22. The van der Waals surface area contributed by atoms with Gasteiger partial charge in [0.05, 0.1) is 11.6 Å². The van der Waals surface area contributed by atoms with Crippen LogP contribution in [0.5, 0.6) is 0 Å². The zero-order valence-electron chi connectivity index (χ0n) is 14.1. The Hall–Kier alpha value is -2.05. The van der Waals surface area contributed by atoms with Gasteiger partial charge in [0.1, 0.15) is 0 Å². The van der Waals surface area contributed by atoms with Gasteiger partial charge in [0.25, 0.3) is 0 Å². The fraction of sp³-hybridized carbons (Fsp3) is 0.688. The molecule has 7 heteroatoms.